The molecular weight excluding hydrogens is 352 g/mol. The molecule has 3 rings (SSSR count). The molecule has 0 radical (unpaired) electrons. The van der Waals surface area contributed by atoms with E-state index in [0.717, 1.165) is 24.1 Å². The third-order valence-corrected chi connectivity index (χ3v) is 5.64. The normalized spacial score (nSPS) is 11.9. The average Bonchev–Trinajstić information content (AvgIpc) is 3.20. The van der Waals surface area contributed by atoms with Gasteiger partial charge < -0.3 is 10.6 Å². The van der Waals surface area contributed by atoms with Crippen LogP contribution in [-0.2, 0) is 11.2 Å². The fourth-order valence-corrected chi connectivity index (χ4v) is 4.05. The molecule has 1 heterocycles. The maximum atomic E-state index is 12.5. The van der Waals surface area contributed by atoms with Gasteiger partial charge in [0, 0.05) is 11.3 Å². The summed E-state index contributed by atoms with van der Waals surface area (Å²) >= 11 is 1.74. The highest BCUT2D eigenvalue weighted by Crippen LogP contribution is 2.23. The highest BCUT2D eigenvalue weighted by atomic mass is 32.1. The Hall–Kier alpha value is -2.43. The number of aryl methyl sites for hydroxylation is 2. The van der Waals surface area contributed by atoms with E-state index in [2.05, 4.69) is 59.3 Å². The van der Waals surface area contributed by atoms with Crippen molar-refractivity contribution in [3.63, 3.8) is 0 Å². The van der Waals surface area contributed by atoms with E-state index < -0.39 is 0 Å². The van der Waals surface area contributed by atoms with Crippen molar-refractivity contribution in [2.24, 2.45) is 0 Å². The Morgan fingerprint density at radius 3 is 2.52 bits per heavy atom. The van der Waals surface area contributed by atoms with Gasteiger partial charge in [0.15, 0.2) is 6.54 Å². The first-order chi connectivity index (χ1) is 13.2. The minimum atomic E-state index is 0.0217. The summed E-state index contributed by atoms with van der Waals surface area (Å²) in [5.41, 5.74) is 4.56. The zero-order chi connectivity index (χ0) is 19.1. The van der Waals surface area contributed by atoms with Gasteiger partial charge in [-0.25, -0.2) is 0 Å². The number of anilines is 1. The van der Waals surface area contributed by atoms with Crippen LogP contribution in [0.4, 0.5) is 5.69 Å². The maximum absolute atomic E-state index is 12.5. The predicted molar refractivity (Wildman–Crippen MR) is 113 cm³/mol. The highest BCUT2D eigenvalue weighted by molar-refractivity contribution is 7.10. The summed E-state index contributed by atoms with van der Waals surface area (Å²) in [5.74, 6) is 0.0217. The number of amides is 1. The van der Waals surface area contributed by atoms with E-state index in [1.165, 1.54) is 16.0 Å². The van der Waals surface area contributed by atoms with Gasteiger partial charge in [-0.1, -0.05) is 61.9 Å². The summed E-state index contributed by atoms with van der Waals surface area (Å²) < 4.78 is 0. The molecule has 0 unspecified atom stereocenters. The summed E-state index contributed by atoms with van der Waals surface area (Å²) in [6, 6.07) is 21.0. The average molecular weight is 380 g/mol. The number of hydrogen-bond donors (Lipinski definition) is 2. The van der Waals surface area contributed by atoms with Gasteiger partial charge in [0.2, 0.25) is 0 Å². The lowest BCUT2D eigenvalue weighted by molar-refractivity contribution is -0.675. The minimum absolute atomic E-state index is 0.0217. The van der Waals surface area contributed by atoms with Gasteiger partial charge in [0.05, 0.1) is 4.88 Å². The van der Waals surface area contributed by atoms with Crippen molar-refractivity contribution in [1.29, 1.82) is 0 Å². The molecule has 1 amide bonds. The van der Waals surface area contributed by atoms with Crippen LogP contribution in [0.25, 0.3) is 0 Å². The van der Waals surface area contributed by atoms with E-state index in [1.807, 2.05) is 31.2 Å². The van der Waals surface area contributed by atoms with Gasteiger partial charge in [0.1, 0.15) is 6.04 Å². The fraction of sp³-hybridized carbons (Fsp3) is 0.261. The van der Waals surface area contributed by atoms with Crippen molar-refractivity contribution in [1.82, 2.24) is 0 Å². The van der Waals surface area contributed by atoms with Crippen molar-refractivity contribution < 1.29 is 10.1 Å². The van der Waals surface area contributed by atoms with E-state index in [1.54, 1.807) is 11.3 Å². The second-order valence-corrected chi connectivity index (χ2v) is 7.77. The molecule has 140 valence electrons. The van der Waals surface area contributed by atoms with Gasteiger partial charge >= 0.3 is 0 Å². The van der Waals surface area contributed by atoms with Crippen LogP contribution < -0.4 is 10.6 Å². The first-order valence-corrected chi connectivity index (χ1v) is 10.4. The lowest BCUT2D eigenvalue weighted by Gasteiger charge is -2.15. The van der Waals surface area contributed by atoms with E-state index in [4.69, 9.17) is 0 Å². The minimum Gasteiger partial charge on any atom is -0.328 e. The van der Waals surface area contributed by atoms with Crippen LogP contribution in [0.1, 0.15) is 41.0 Å². The molecule has 0 saturated carbocycles. The monoisotopic (exact) mass is 379 g/mol. The molecule has 0 aliphatic rings. The Morgan fingerprint density at radius 1 is 1.07 bits per heavy atom. The number of carbonyl (C=O) groups is 1. The van der Waals surface area contributed by atoms with E-state index in [9.17, 15) is 4.79 Å². The SMILES string of the molecule is CCCc1ccc([C@H]([NH2+]CC(=O)Nc2ccccc2C)c2cccs2)cc1. The van der Waals surface area contributed by atoms with Crippen molar-refractivity contribution in [2.45, 2.75) is 32.7 Å². The molecule has 2 aromatic carbocycles. The van der Waals surface area contributed by atoms with Gasteiger partial charge in [-0.15, -0.1) is 11.3 Å². The topological polar surface area (TPSA) is 45.7 Å². The molecule has 3 N–H and O–H groups in total. The first kappa shape index (κ1) is 19.3. The summed E-state index contributed by atoms with van der Waals surface area (Å²) in [6.45, 7) is 4.59. The summed E-state index contributed by atoms with van der Waals surface area (Å²) in [6.07, 6.45) is 2.26. The first-order valence-electron chi connectivity index (χ1n) is 9.48. The van der Waals surface area contributed by atoms with Crippen molar-refractivity contribution in [2.75, 3.05) is 11.9 Å². The second kappa shape index (κ2) is 9.49. The summed E-state index contributed by atoms with van der Waals surface area (Å²) in [7, 11) is 0. The largest absolute Gasteiger partial charge is 0.328 e. The number of nitrogens with two attached hydrogens (primary N) is 1. The standard InChI is InChI=1S/C23H26N2OS/c1-3-7-18-11-13-19(14-12-18)23(21-10-6-15-27-21)24-16-22(26)25-20-9-5-4-8-17(20)2/h4-6,8-15,23-24H,3,7,16H2,1-2H3,(H,25,26)/p+1/t23-/m0/s1. The van der Waals surface area contributed by atoms with Crippen LogP contribution in [-0.4, -0.2) is 12.5 Å². The quantitative estimate of drug-likeness (QED) is 0.602. The van der Waals surface area contributed by atoms with Crippen molar-refractivity contribution >= 4 is 22.9 Å². The molecule has 0 aliphatic carbocycles. The zero-order valence-corrected chi connectivity index (χ0v) is 16.8. The number of benzene rings is 2. The van der Waals surface area contributed by atoms with Gasteiger partial charge in [0.25, 0.3) is 5.91 Å². The smallest absolute Gasteiger partial charge is 0.279 e. The molecule has 0 aliphatic heterocycles. The third-order valence-electron chi connectivity index (χ3n) is 4.69. The molecule has 1 aromatic heterocycles. The molecule has 0 fully saturated rings. The number of nitrogens with one attached hydrogen (secondary N) is 1. The Balaban J connectivity index is 1.69. The Labute approximate surface area is 165 Å². The van der Waals surface area contributed by atoms with Gasteiger partial charge in [-0.3, -0.25) is 4.79 Å². The van der Waals surface area contributed by atoms with Crippen LogP contribution in [0.3, 0.4) is 0 Å². The molecule has 1 atom stereocenters. The fourth-order valence-electron chi connectivity index (χ4n) is 3.20. The molecule has 0 spiro atoms. The number of hydrogen-bond acceptors (Lipinski definition) is 2. The van der Waals surface area contributed by atoms with E-state index in [-0.39, 0.29) is 11.9 Å². The molecule has 3 aromatic rings. The number of quaternary nitrogens is 1. The number of thiophene rings is 1. The lowest BCUT2D eigenvalue weighted by atomic mass is 10.0. The van der Waals surface area contributed by atoms with Crippen LogP contribution in [0.15, 0.2) is 66.0 Å². The Kier molecular flexibility index (Phi) is 6.80. The van der Waals surface area contributed by atoms with E-state index >= 15 is 0 Å². The molecule has 0 bridgehead atoms. The molecule has 4 heteroatoms. The predicted octanol–water partition coefficient (Wildman–Crippen LogP) is 4.30. The third kappa shape index (κ3) is 5.28. The van der Waals surface area contributed by atoms with Crippen LogP contribution >= 0.6 is 11.3 Å². The maximum Gasteiger partial charge on any atom is 0.279 e. The van der Waals surface area contributed by atoms with E-state index in [0.29, 0.717) is 6.54 Å². The molecule has 3 nitrogen and oxygen atoms in total. The number of carbonyl (C=O) groups excluding carboxylic acids is 1. The zero-order valence-electron chi connectivity index (χ0n) is 15.9. The van der Waals surface area contributed by atoms with Crippen LogP contribution in [0, 0.1) is 6.92 Å². The Morgan fingerprint density at radius 2 is 1.85 bits per heavy atom. The second-order valence-electron chi connectivity index (χ2n) is 6.79. The van der Waals surface area contributed by atoms with Gasteiger partial charge in [-0.05, 0) is 42.0 Å². The number of para-hydroxylation sites is 1. The lowest BCUT2D eigenvalue weighted by Crippen LogP contribution is -2.87. The van der Waals surface area contributed by atoms with Crippen LogP contribution in [0.2, 0.25) is 0 Å². The van der Waals surface area contributed by atoms with Crippen molar-refractivity contribution in [3.8, 4) is 0 Å². The Bertz CT molecular complexity index is 856. The number of rotatable bonds is 8. The van der Waals surface area contributed by atoms with Crippen LogP contribution in [0.5, 0.6) is 0 Å². The molecular formula is C23H27N2OS+. The molecule has 0 saturated heterocycles. The summed E-state index contributed by atoms with van der Waals surface area (Å²) in [4.78, 5) is 13.7. The summed E-state index contributed by atoms with van der Waals surface area (Å²) in [5, 5.41) is 7.23. The van der Waals surface area contributed by atoms with Crippen molar-refractivity contribution in [3.05, 3.63) is 87.6 Å². The van der Waals surface area contributed by atoms with Gasteiger partial charge in [-0.2, -0.15) is 0 Å². The molecule has 27 heavy (non-hydrogen) atoms. The highest BCUT2D eigenvalue weighted by Gasteiger charge is 2.20.